The van der Waals surface area contributed by atoms with Crippen molar-refractivity contribution in [2.75, 3.05) is 6.54 Å². The number of benzene rings is 1. The van der Waals surface area contributed by atoms with E-state index in [-0.39, 0.29) is 11.7 Å². The second-order valence-corrected chi connectivity index (χ2v) is 6.31. The molecule has 1 amide bonds. The van der Waals surface area contributed by atoms with Gasteiger partial charge in [0.15, 0.2) is 0 Å². The summed E-state index contributed by atoms with van der Waals surface area (Å²) in [4.78, 5) is 15.5. The molecule has 0 fully saturated rings. The van der Waals surface area contributed by atoms with Gasteiger partial charge in [-0.1, -0.05) is 6.07 Å². The fourth-order valence-corrected chi connectivity index (χ4v) is 3.59. The number of amides is 1. The molecular weight excluding hydrogens is 305 g/mol. The van der Waals surface area contributed by atoms with E-state index in [0.29, 0.717) is 18.4 Å². The van der Waals surface area contributed by atoms with E-state index in [4.69, 9.17) is 0 Å². The molecule has 1 aliphatic heterocycles. The van der Waals surface area contributed by atoms with Crippen LogP contribution in [0.15, 0.2) is 36.7 Å². The predicted octanol–water partition coefficient (Wildman–Crippen LogP) is 3.42. The molecule has 24 heavy (non-hydrogen) atoms. The minimum absolute atomic E-state index is 0.0361. The lowest BCUT2D eigenvalue weighted by Gasteiger charge is -2.16. The Morgan fingerprint density at radius 3 is 3.12 bits per heavy atom. The number of carbonyl (C=O) groups excluding carboxylic acids is 1. The molecule has 1 aromatic carbocycles. The first-order valence-corrected chi connectivity index (χ1v) is 8.45. The van der Waals surface area contributed by atoms with E-state index in [9.17, 15) is 9.18 Å². The number of aryl methyl sites for hydroxylation is 1. The highest BCUT2D eigenvalue weighted by molar-refractivity contribution is 5.95. The quantitative estimate of drug-likeness (QED) is 0.759. The van der Waals surface area contributed by atoms with Gasteiger partial charge in [-0.25, -0.2) is 4.39 Å². The van der Waals surface area contributed by atoms with Gasteiger partial charge < -0.3 is 14.9 Å². The first kappa shape index (κ1) is 15.0. The molecule has 2 aromatic heterocycles. The molecule has 0 radical (unpaired) electrons. The van der Waals surface area contributed by atoms with Crippen molar-refractivity contribution in [2.45, 2.75) is 32.2 Å². The highest BCUT2D eigenvalue weighted by Gasteiger charge is 2.18. The molecule has 0 spiro atoms. The summed E-state index contributed by atoms with van der Waals surface area (Å²) in [6.45, 7) is 1.49. The van der Waals surface area contributed by atoms with Gasteiger partial charge in [-0.15, -0.1) is 0 Å². The minimum atomic E-state index is -0.225. The van der Waals surface area contributed by atoms with Crippen LogP contribution in [0.2, 0.25) is 0 Å². The average molecular weight is 325 g/mol. The van der Waals surface area contributed by atoms with E-state index in [1.54, 1.807) is 6.07 Å². The van der Waals surface area contributed by atoms with Gasteiger partial charge in [0, 0.05) is 42.1 Å². The van der Waals surface area contributed by atoms with Gasteiger partial charge in [-0.2, -0.15) is 0 Å². The summed E-state index contributed by atoms with van der Waals surface area (Å²) in [5.41, 5.74) is 3.59. The molecule has 3 aromatic rings. The maximum Gasteiger partial charge on any atom is 0.253 e. The molecule has 3 heterocycles. The highest BCUT2D eigenvalue weighted by atomic mass is 19.1. The van der Waals surface area contributed by atoms with Gasteiger partial charge >= 0.3 is 0 Å². The van der Waals surface area contributed by atoms with E-state index in [1.807, 2.05) is 24.5 Å². The molecule has 4 nitrogen and oxygen atoms in total. The highest BCUT2D eigenvalue weighted by Crippen LogP contribution is 2.22. The smallest absolute Gasteiger partial charge is 0.253 e. The summed E-state index contributed by atoms with van der Waals surface area (Å²) in [6.07, 6.45) is 7.69. The van der Waals surface area contributed by atoms with Crippen LogP contribution >= 0.6 is 0 Å². The molecule has 2 N–H and O–H groups in total. The minimum Gasteiger partial charge on any atom is -0.361 e. The predicted molar refractivity (Wildman–Crippen MR) is 91.7 cm³/mol. The average Bonchev–Trinajstić information content (AvgIpc) is 3.20. The summed E-state index contributed by atoms with van der Waals surface area (Å²) in [6, 6.07) is 6.91. The van der Waals surface area contributed by atoms with Crippen LogP contribution < -0.4 is 5.32 Å². The van der Waals surface area contributed by atoms with Gasteiger partial charge in [-0.05, 0) is 49.4 Å². The van der Waals surface area contributed by atoms with Crippen molar-refractivity contribution in [3.8, 4) is 0 Å². The van der Waals surface area contributed by atoms with Gasteiger partial charge in [0.1, 0.15) is 5.82 Å². The van der Waals surface area contributed by atoms with E-state index < -0.39 is 0 Å². The van der Waals surface area contributed by atoms with Crippen molar-refractivity contribution in [1.29, 1.82) is 0 Å². The molecular formula is C19H20FN3O. The number of aromatic amines is 1. The third kappa shape index (κ3) is 2.60. The number of fused-ring (bicyclic) bond motifs is 2. The number of hydrogen-bond donors (Lipinski definition) is 2. The first-order chi connectivity index (χ1) is 11.7. The van der Waals surface area contributed by atoms with Gasteiger partial charge in [0.25, 0.3) is 5.91 Å². The zero-order valence-electron chi connectivity index (χ0n) is 13.4. The Morgan fingerprint density at radius 2 is 2.21 bits per heavy atom. The van der Waals surface area contributed by atoms with Crippen LogP contribution in [0.25, 0.3) is 10.9 Å². The lowest BCUT2D eigenvalue weighted by molar-refractivity contribution is 0.0953. The summed E-state index contributed by atoms with van der Waals surface area (Å²) in [5, 5.41) is 3.59. The van der Waals surface area contributed by atoms with Crippen molar-refractivity contribution >= 4 is 16.8 Å². The Morgan fingerprint density at radius 1 is 1.29 bits per heavy atom. The number of nitrogens with zero attached hydrogens (tertiary/aromatic N) is 1. The fourth-order valence-electron chi connectivity index (χ4n) is 3.59. The summed E-state index contributed by atoms with van der Waals surface area (Å²) in [5.74, 6) is -0.262. The largest absolute Gasteiger partial charge is 0.361 e. The maximum absolute atomic E-state index is 14.0. The van der Waals surface area contributed by atoms with Crippen LogP contribution in [-0.4, -0.2) is 22.0 Å². The SMILES string of the molecule is O=C(NCCc1c[nH]c2cccc(F)c12)c1ccn2c1CCCC2. The number of nitrogens with one attached hydrogen (secondary N) is 2. The van der Waals surface area contributed by atoms with Crippen LogP contribution in [0.4, 0.5) is 4.39 Å². The third-order valence-electron chi connectivity index (χ3n) is 4.80. The molecule has 0 aliphatic carbocycles. The van der Waals surface area contributed by atoms with Gasteiger partial charge in [0.2, 0.25) is 0 Å². The molecule has 124 valence electrons. The number of aromatic nitrogens is 2. The lowest BCUT2D eigenvalue weighted by atomic mass is 10.1. The second kappa shape index (κ2) is 6.15. The Kier molecular flexibility index (Phi) is 3.84. The summed E-state index contributed by atoms with van der Waals surface area (Å²) in [7, 11) is 0. The maximum atomic E-state index is 14.0. The van der Waals surface area contributed by atoms with Crippen LogP contribution in [0.5, 0.6) is 0 Å². The zero-order chi connectivity index (χ0) is 16.5. The van der Waals surface area contributed by atoms with E-state index in [0.717, 1.165) is 41.7 Å². The van der Waals surface area contributed by atoms with Crippen LogP contribution in [0, 0.1) is 5.82 Å². The Bertz CT molecular complexity index is 893. The van der Waals surface area contributed by atoms with E-state index >= 15 is 0 Å². The zero-order valence-corrected chi connectivity index (χ0v) is 13.4. The van der Waals surface area contributed by atoms with Crippen LogP contribution in [0.1, 0.15) is 34.5 Å². The van der Waals surface area contributed by atoms with Gasteiger partial charge in [-0.3, -0.25) is 4.79 Å². The molecule has 4 rings (SSSR count). The number of halogens is 1. The van der Waals surface area contributed by atoms with Crippen LogP contribution in [0.3, 0.4) is 0 Å². The molecule has 0 saturated carbocycles. The number of hydrogen-bond acceptors (Lipinski definition) is 1. The van der Waals surface area contributed by atoms with Crippen molar-refractivity contribution < 1.29 is 9.18 Å². The summed E-state index contributed by atoms with van der Waals surface area (Å²) >= 11 is 0. The fraction of sp³-hybridized carbons (Fsp3) is 0.316. The van der Waals surface area contributed by atoms with Crippen LogP contribution in [-0.2, 0) is 19.4 Å². The number of H-pyrrole nitrogens is 1. The monoisotopic (exact) mass is 325 g/mol. The standard InChI is InChI=1S/C19H20FN3O/c20-15-4-3-5-16-18(15)13(12-22-16)7-9-21-19(24)14-8-11-23-10-2-1-6-17(14)23/h3-5,8,11-12,22H,1-2,6-7,9-10H2,(H,21,24). The van der Waals surface area contributed by atoms with Crippen molar-refractivity contribution in [2.24, 2.45) is 0 Å². The Labute approximate surface area is 139 Å². The molecule has 0 atom stereocenters. The van der Waals surface area contributed by atoms with Gasteiger partial charge in [0.05, 0.1) is 5.56 Å². The van der Waals surface area contributed by atoms with E-state index in [1.165, 1.54) is 12.5 Å². The van der Waals surface area contributed by atoms with Crippen molar-refractivity contribution in [3.05, 3.63) is 59.3 Å². The number of rotatable bonds is 4. The second-order valence-electron chi connectivity index (χ2n) is 6.31. The van der Waals surface area contributed by atoms with Crippen molar-refractivity contribution in [3.63, 3.8) is 0 Å². The topological polar surface area (TPSA) is 49.8 Å². The molecule has 0 saturated heterocycles. The molecule has 5 heteroatoms. The Balaban J connectivity index is 1.43. The third-order valence-corrected chi connectivity index (χ3v) is 4.80. The molecule has 0 bridgehead atoms. The van der Waals surface area contributed by atoms with E-state index in [2.05, 4.69) is 14.9 Å². The number of carbonyl (C=O) groups is 1. The van der Waals surface area contributed by atoms with Crippen molar-refractivity contribution in [1.82, 2.24) is 14.9 Å². The normalized spacial score (nSPS) is 13.9. The lowest BCUT2D eigenvalue weighted by Crippen LogP contribution is -2.27. The Hall–Kier alpha value is -2.56. The first-order valence-electron chi connectivity index (χ1n) is 8.45. The molecule has 1 aliphatic rings. The molecule has 0 unspecified atom stereocenters. The summed E-state index contributed by atoms with van der Waals surface area (Å²) < 4.78 is 16.1.